The fourth-order valence-electron chi connectivity index (χ4n) is 1.94. The number of aromatic nitrogens is 1. The van der Waals surface area contributed by atoms with Crippen molar-refractivity contribution in [2.24, 2.45) is 0 Å². The molecule has 0 aromatic carbocycles. The molecule has 0 spiro atoms. The van der Waals surface area contributed by atoms with Gasteiger partial charge in [-0.25, -0.2) is 0 Å². The molecule has 1 aliphatic heterocycles. The molecule has 1 fully saturated rings. The monoisotopic (exact) mass is 267 g/mol. The SMILES string of the molecule is CCOCCOc1cc(N2CCOCC2)cc(N)n1. The van der Waals surface area contributed by atoms with E-state index in [2.05, 4.69) is 9.88 Å². The Morgan fingerprint density at radius 1 is 1.32 bits per heavy atom. The quantitative estimate of drug-likeness (QED) is 0.773. The van der Waals surface area contributed by atoms with Gasteiger partial charge in [0.1, 0.15) is 12.4 Å². The Labute approximate surface area is 113 Å². The van der Waals surface area contributed by atoms with Gasteiger partial charge in [-0.2, -0.15) is 4.98 Å². The number of hydrogen-bond donors (Lipinski definition) is 1. The maximum atomic E-state index is 5.82. The molecule has 2 rings (SSSR count). The average molecular weight is 267 g/mol. The van der Waals surface area contributed by atoms with Crippen molar-refractivity contribution in [2.45, 2.75) is 6.92 Å². The summed E-state index contributed by atoms with van der Waals surface area (Å²) in [6, 6.07) is 3.77. The lowest BCUT2D eigenvalue weighted by Crippen LogP contribution is -2.36. The normalized spacial score (nSPS) is 15.5. The van der Waals surface area contributed by atoms with Gasteiger partial charge in [-0.05, 0) is 6.92 Å². The van der Waals surface area contributed by atoms with Crippen LogP contribution in [-0.4, -0.2) is 51.1 Å². The second-order valence-electron chi connectivity index (χ2n) is 4.23. The standard InChI is InChI=1S/C13H21N3O3/c1-2-17-7-8-19-13-10-11(9-12(14)15-13)16-3-5-18-6-4-16/h9-10H,2-8H2,1H3,(H2,14,15). The van der Waals surface area contributed by atoms with Gasteiger partial charge in [0.25, 0.3) is 0 Å². The van der Waals surface area contributed by atoms with Crippen LogP contribution < -0.4 is 15.4 Å². The molecule has 0 unspecified atom stereocenters. The molecule has 2 heterocycles. The summed E-state index contributed by atoms with van der Waals surface area (Å²) in [6.45, 7) is 6.88. The van der Waals surface area contributed by atoms with Crippen LogP contribution in [0.4, 0.5) is 11.5 Å². The molecule has 0 saturated carbocycles. The van der Waals surface area contributed by atoms with Gasteiger partial charge >= 0.3 is 0 Å². The maximum Gasteiger partial charge on any atom is 0.217 e. The van der Waals surface area contributed by atoms with E-state index < -0.39 is 0 Å². The number of anilines is 2. The first-order chi connectivity index (χ1) is 9.29. The van der Waals surface area contributed by atoms with Gasteiger partial charge in [0.15, 0.2) is 0 Å². The Kier molecular flexibility index (Phi) is 5.23. The fourth-order valence-corrected chi connectivity index (χ4v) is 1.94. The van der Waals surface area contributed by atoms with Gasteiger partial charge < -0.3 is 24.8 Å². The Balaban J connectivity index is 1.97. The molecule has 106 valence electrons. The van der Waals surface area contributed by atoms with E-state index in [9.17, 15) is 0 Å². The highest BCUT2D eigenvalue weighted by atomic mass is 16.5. The topological polar surface area (TPSA) is 69.8 Å². The second kappa shape index (κ2) is 7.16. The van der Waals surface area contributed by atoms with Crippen molar-refractivity contribution in [1.29, 1.82) is 0 Å². The van der Waals surface area contributed by atoms with Crippen LogP contribution in [0.25, 0.3) is 0 Å². The molecular weight excluding hydrogens is 246 g/mol. The molecule has 6 heteroatoms. The van der Waals surface area contributed by atoms with Gasteiger partial charge in [0.2, 0.25) is 5.88 Å². The third kappa shape index (κ3) is 4.25. The van der Waals surface area contributed by atoms with Crippen LogP contribution in [0.2, 0.25) is 0 Å². The molecule has 1 aliphatic rings. The largest absolute Gasteiger partial charge is 0.475 e. The summed E-state index contributed by atoms with van der Waals surface area (Å²) in [4.78, 5) is 6.39. The number of pyridine rings is 1. The van der Waals surface area contributed by atoms with Crippen LogP contribution in [-0.2, 0) is 9.47 Å². The van der Waals surface area contributed by atoms with E-state index in [1.165, 1.54) is 0 Å². The van der Waals surface area contributed by atoms with E-state index in [-0.39, 0.29) is 0 Å². The molecule has 1 aromatic heterocycles. The van der Waals surface area contributed by atoms with Gasteiger partial charge in [-0.15, -0.1) is 0 Å². The number of morpholine rings is 1. The number of nitrogen functional groups attached to an aromatic ring is 1. The highest BCUT2D eigenvalue weighted by molar-refractivity contribution is 5.55. The van der Waals surface area contributed by atoms with Crippen molar-refractivity contribution >= 4 is 11.5 Å². The van der Waals surface area contributed by atoms with Crippen LogP contribution in [0, 0.1) is 0 Å². The van der Waals surface area contributed by atoms with Crippen molar-refractivity contribution in [3.8, 4) is 5.88 Å². The molecule has 6 nitrogen and oxygen atoms in total. The Bertz CT molecular complexity index is 395. The lowest BCUT2D eigenvalue weighted by molar-refractivity contribution is 0.108. The maximum absolute atomic E-state index is 5.82. The number of nitrogens with zero attached hydrogens (tertiary/aromatic N) is 2. The zero-order valence-electron chi connectivity index (χ0n) is 11.3. The van der Waals surface area contributed by atoms with E-state index in [1.54, 1.807) is 0 Å². The summed E-state index contributed by atoms with van der Waals surface area (Å²) in [5.74, 6) is 1.01. The number of nitrogens with two attached hydrogens (primary N) is 1. The molecule has 1 aromatic rings. The predicted octanol–water partition coefficient (Wildman–Crippen LogP) is 0.916. The zero-order chi connectivity index (χ0) is 13.5. The fraction of sp³-hybridized carbons (Fsp3) is 0.615. The third-order valence-electron chi connectivity index (χ3n) is 2.86. The smallest absolute Gasteiger partial charge is 0.217 e. The minimum atomic E-state index is 0.468. The first-order valence-corrected chi connectivity index (χ1v) is 6.60. The van der Waals surface area contributed by atoms with Crippen LogP contribution in [0.1, 0.15) is 6.92 Å². The van der Waals surface area contributed by atoms with E-state index in [1.807, 2.05) is 19.1 Å². The molecule has 2 N–H and O–H groups in total. The number of ether oxygens (including phenoxy) is 3. The Hall–Kier alpha value is -1.53. The molecule has 0 bridgehead atoms. The van der Waals surface area contributed by atoms with Crippen molar-refractivity contribution < 1.29 is 14.2 Å². The summed E-state index contributed by atoms with van der Waals surface area (Å²) in [7, 11) is 0. The zero-order valence-corrected chi connectivity index (χ0v) is 11.3. The van der Waals surface area contributed by atoms with Gasteiger partial charge in [-0.1, -0.05) is 0 Å². The lowest BCUT2D eigenvalue weighted by Gasteiger charge is -2.29. The predicted molar refractivity (Wildman–Crippen MR) is 73.7 cm³/mol. The molecular formula is C13H21N3O3. The molecule has 0 aliphatic carbocycles. The van der Waals surface area contributed by atoms with Crippen molar-refractivity contribution in [1.82, 2.24) is 4.98 Å². The second-order valence-corrected chi connectivity index (χ2v) is 4.23. The Morgan fingerprint density at radius 2 is 2.11 bits per heavy atom. The molecule has 19 heavy (non-hydrogen) atoms. The summed E-state index contributed by atoms with van der Waals surface area (Å²) >= 11 is 0. The number of rotatable bonds is 6. The van der Waals surface area contributed by atoms with Gasteiger partial charge in [-0.3, -0.25) is 0 Å². The number of hydrogen-bond acceptors (Lipinski definition) is 6. The summed E-state index contributed by atoms with van der Waals surface area (Å²) < 4.78 is 16.1. The van der Waals surface area contributed by atoms with Crippen molar-refractivity contribution in [3.05, 3.63) is 12.1 Å². The Morgan fingerprint density at radius 3 is 2.84 bits per heavy atom. The van der Waals surface area contributed by atoms with Crippen LogP contribution >= 0.6 is 0 Å². The first-order valence-electron chi connectivity index (χ1n) is 6.60. The van der Waals surface area contributed by atoms with Gasteiger partial charge in [0, 0.05) is 37.5 Å². The minimum absolute atomic E-state index is 0.468. The van der Waals surface area contributed by atoms with Gasteiger partial charge in [0.05, 0.1) is 19.8 Å². The highest BCUT2D eigenvalue weighted by Gasteiger charge is 2.13. The minimum Gasteiger partial charge on any atom is -0.475 e. The molecule has 1 saturated heterocycles. The molecule has 0 amide bonds. The third-order valence-corrected chi connectivity index (χ3v) is 2.86. The van der Waals surface area contributed by atoms with E-state index in [4.69, 9.17) is 19.9 Å². The van der Waals surface area contributed by atoms with Crippen molar-refractivity contribution in [2.75, 3.05) is 56.8 Å². The van der Waals surface area contributed by atoms with Crippen molar-refractivity contribution in [3.63, 3.8) is 0 Å². The van der Waals surface area contributed by atoms with Crippen LogP contribution in [0.5, 0.6) is 5.88 Å². The highest BCUT2D eigenvalue weighted by Crippen LogP contribution is 2.23. The molecule has 0 atom stereocenters. The van der Waals surface area contributed by atoms with E-state index >= 15 is 0 Å². The van der Waals surface area contributed by atoms with Crippen LogP contribution in [0.3, 0.4) is 0 Å². The van der Waals surface area contributed by atoms with E-state index in [0.29, 0.717) is 31.5 Å². The van der Waals surface area contributed by atoms with E-state index in [0.717, 1.165) is 32.0 Å². The average Bonchev–Trinajstić information content (AvgIpc) is 2.44. The molecule has 0 radical (unpaired) electrons. The lowest BCUT2D eigenvalue weighted by atomic mass is 10.3. The van der Waals surface area contributed by atoms with Crippen LogP contribution in [0.15, 0.2) is 12.1 Å². The first kappa shape index (κ1) is 13.9. The summed E-state index contributed by atoms with van der Waals surface area (Å²) in [5.41, 5.74) is 6.85. The summed E-state index contributed by atoms with van der Waals surface area (Å²) in [6.07, 6.45) is 0. The summed E-state index contributed by atoms with van der Waals surface area (Å²) in [5, 5.41) is 0.